The third kappa shape index (κ3) is 2.54. The first-order chi connectivity index (χ1) is 10.2. The molecule has 7 heteroatoms. The van der Waals surface area contributed by atoms with Crippen molar-refractivity contribution in [1.82, 2.24) is 24.1 Å². The molecule has 0 aliphatic carbocycles. The van der Waals surface area contributed by atoms with Gasteiger partial charge in [0.1, 0.15) is 5.82 Å². The average molecular weight is 285 g/mol. The van der Waals surface area contributed by atoms with Crippen LogP contribution in [0.25, 0.3) is 5.65 Å². The van der Waals surface area contributed by atoms with E-state index in [0.717, 1.165) is 41.6 Å². The number of imidazole rings is 1. The third-order valence-electron chi connectivity index (χ3n) is 3.23. The Morgan fingerprint density at radius 2 is 2.10 bits per heavy atom. The first kappa shape index (κ1) is 13.4. The molecule has 0 bridgehead atoms. The van der Waals surface area contributed by atoms with E-state index < -0.39 is 0 Å². The minimum absolute atomic E-state index is 0.723. The van der Waals surface area contributed by atoms with Gasteiger partial charge in [-0.2, -0.15) is 5.10 Å². The van der Waals surface area contributed by atoms with Crippen molar-refractivity contribution in [1.29, 1.82) is 0 Å². The van der Waals surface area contributed by atoms with E-state index in [2.05, 4.69) is 32.6 Å². The highest BCUT2D eigenvalue weighted by Gasteiger charge is 2.11. The predicted molar refractivity (Wildman–Crippen MR) is 83.0 cm³/mol. The van der Waals surface area contributed by atoms with Crippen molar-refractivity contribution >= 4 is 23.0 Å². The van der Waals surface area contributed by atoms with Crippen LogP contribution in [0.2, 0.25) is 0 Å². The highest BCUT2D eigenvalue weighted by molar-refractivity contribution is 5.72. The molecule has 0 spiro atoms. The zero-order chi connectivity index (χ0) is 14.8. The van der Waals surface area contributed by atoms with Crippen molar-refractivity contribution in [3.05, 3.63) is 30.5 Å². The molecular formula is C14H19N7. The Morgan fingerprint density at radius 3 is 2.86 bits per heavy atom. The average Bonchev–Trinajstić information content (AvgIpc) is 3.05. The van der Waals surface area contributed by atoms with Gasteiger partial charge in [-0.25, -0.2) is 9.97 Å². The molecule has 0 atom stereocenters. The van der Waals surface area contributed by atoms with Crippen molar-refractivity contribution in [2.75, 3.05) is 17.2 Å². The van der Waals surface area contributed by atoms with E-state index in [4.69, 9.17) is 0 Å². The molecule has 7 nitrogen and oxygen atoms in total. The summed E-state index contributed by atoms with van der Waals surface area (Å²) >= 11 is 0. The zero-order valence-electron chi connectivity index (χ0n) is 12.5. The van der Waals surface area contributed by atoms with Gasteiger partial charge >= 0.3 is 0 Å². The summed E-state index contributed by atoms with van der Waals surface area (Å²) in [4.78, 5) is 8.96. The van der Waals surface area contributed by atoms with Crippen molar-refractivity contribution < 1.29 is 0 Å². The molecule has 2 N–H and O–H groups in total. The Kier molecular flexibility index (Phi) is 3.47. The summed E-state index contributed by atoms with van der Waals surface area (Å²) in [6.07, 6.45) is 8.43. The van der Waals surface area contributed by atoms with Gasteiger partial charge in [-0.3, -0.25) is 4.68 Å². The number of hydrogen-bond donors (Lipinski definition) is 2. The third-order valence-corrected chi connectivity index (χ3v) is 3.23. The lowest BCUT2D eigenvalue weighted by atomic mass is 10.3. The fraction of sp³-hybridized carbons (Fsp3) is 0.357. The number of nitrogens with zero attached hydrogens (tertiary/aromatic N) is 5. The van der Waals surface area contributed by atoms with Crippen LogP contribution in [0.3, 0.4) is 0 Å². The van der Waals surface area contributed by atoms with Gasteiger partial charge in [0.25, 0.3) is 0 Å². The molecule has 0 amide bonds. The molecule has 3 aromatic rings. The summed E-state index contributed by atoms with van der Waals surface area (Å²) in [7, 11) is 1.91. The van der Waals surface area contributed by atoms with Gasteiger partial charge in [0, 0.05) is 32.2 Å². The van der Waals surface area contributed by atoms with Crippen LogP contribution in [-0.2, 0) is 13.5 Å². The largest absolute Gasteiger partial charge is 0.369 e. The zero-order valence-corrected chi connectivity index (χ0v) is 12.5. The summed E-state index contributed by atoms with van der Waals surface area (Å²) in [5, 5.41) is 11.0. The normalized spacial score (nSPS) is 11.0. The van der Waals surface area contributed by atoms with Gasteiger partial charge in [0.15, 0.2) is 11.5 Å². The SMILES string of the molecule is CCNc1cn2ccnc2c(Nc2cn(C)nc2CC)n1. The molecule has 0 saturated heterocycles. The van der Waals surface area contributed by atoms with Gasteiger partial charge in [0.05, 0.1) is 17.6 Å². The molecule has 0 aromatic carbocycles. The number of fused-ring (bicyclic) bond motifs is 1. The minimum Gasteiger partial charge on any atom is -0.369 e. The van der Waals surface area contributed by atoms with Crippen LogP contribution in [-0.4, -0.2) is 30.7 Å². The highest BCUT2D eigenvalue weighted by Crippen LogP contribution is 2.23. The van der Waals surface area contributed by atoms with E-state index in [0.29, 0.717) is 0 Å². The molecule has 0 saturated carbocycles. The lowest BCUT2D eigenvalue weighted by Gasteiger charge is -2.09. The molecule has 110 valence electrons. The Bertz CT molecular complexity index is 756. The number of aromatic nitrogens is 5. The quantitative estimate of drug-likeness (QED) is 0.752. The molecule has 0 fully saturated rings. The molecular weight excluding hydrogens is 266 g/mol. The molecule has 0 aliphatic heterocycles. The van der Waals surface area contributed by atoms with Crippen molar-refractivity contribution in [2.45, 2.75) is 20.3 Å². The lowest BCUT2D eigenvalue weighted by Crippen LogP contribution is -2.05. The van der Waals surface area contributed by atoms with Crippen LogP contribution in [0.1, 0.15) is 19.5 Å². The van der Waals surface area contributed by atoms with Gasteiger partial charge in [-0.05, 0) is 13.3 Å². The van der Waals surface area contributed by atoms with E-state index >= 15 is 0 Å². The molecule has 0 radical (unpaired) electrons. The van der Waals surface area contributed by atoms with E-state index in [-0.39, 0.29) is 0 Å². The second kappa shape index (κ2) is 5.43. The summed E-state index contributed by atoms with van der Waals surface area (Å²) in [5.41, 5.74) is 2.77. The van der Waals surface area contributed by atoms with E-state index in [9.17, 15) is 0 Å². The number of rotatable bonds is 5. The number of nitrogens with one attached hydrogen (secondary N) is 2. The van der Waals surface area contributed by atoms with Crippen LogP contribution in [0, 0.1) is 0 Å². The van der Waals surface area contributed by atoms with E-state index in [1.807, 2.05) is 37.0 Å². The predicted octanol–water partition coefficient (Wildman–Crippen LogP) is 2.20. The van der Waals surface area contributed by atoms with Crippen LogP contribution in [0.15, 0.2) is 24.8 Å². The van der Waals surface area contributed by atoms with Crippen LogP contribution < -0.4 is 10.6 Å². The first-order valence-corrected chi connectivity index (χ1v) is 7.08. The fourth-order valence-corrected chi connectivity index (χ4v) is 2.31. The second-order valence-electron chi connectivity index (χ2n) is 4.80. The van der Waals surface area contributed by atoms with Crippen LogP contribution in [0.4, 0.5) is 17.3 Å². The van der Waals surface area contributed by atoms with Crippen LogP contribution in [0.5, 0.6) is 0 Å². The summed E-state index contributed by atoms with van der Waals surface area (Å²) in [6.45, 7) is 4.95. The van der Waals surface area contributed by atoms with Crippen molar-refractivity contribution in [2.24, 2.45) is 7.05 Å². The standard InChI is InChI=1S/C14H19N7/c1-4-10-11(8-20(3)19-10)17-13-14-16-6-7-21(14)9-12(18-13)15-5-2/h6-9,15H,4-5H2,1-3H3,(H,17,18). The maximum atomic E-state index is 4.60. The Labute approximate surface area is 123 Å². The van der Waals surface area contributed by atoms with Crippen molar-refractivity contribution in [3.63, 3.8) is 0 Å². The highest BCUT2D eigenvalue weighted by atomic mass is 15.3. The van der Waals surface area contributed by atoms with Gasteiger partial charge in [-0.1, -0.05) is 6.92 Å². The minimum atomic E-state index is 0.723. The Hall–Kier alpha value is -2.57. The molecule has 3 heterocycles. The van der Waals surface area contributed by atoms with Gasteiger partial charge in [-0.15, -0.1) is 0 Å². The summed E-state index contributed by atoms with van der Waals surface area (Å²) < 4.78 is 3.76. The Balaban J connectivity index is 2.04. The summed E-state index contributed by atoms with van der Waals surface area (Å²) in [5.74, 6) is 1.54. The number of anilines is 3. The summed E-state index contributed by atoms with van der Waals surface area (Å²) in [6, 6.07) is 0. The smallest absolute Gasteiger partial charge is 0.180 e. The van der Waals surface area contributed by atoms with Crippen molar-refractivity contribution in [3.8, 4) is 0 Å². The number of aryl methyl sites for hydroxylation is 2. The molecule has 21 heavy (non-hydrogen) atoms. The topological polar surface area (TPSA) is 72.1 Å². The van der Waals surface area contributed by atoms with Crippen LogP contribution >= 0.6 is 0 Å². The molecule has 0 aliphatic rings. The number of hydrogen-bond acceptors (Lipinski definition) is 5. The monoisotopic (exact) mass is 285 g/mol. The maximum absolute atomic E-state index is 4.60. The van der Waals surface area contributed by atoms with E-state index in [1.54, 1.807) is 10.9 Å². The molecule has 3 rings (SSSR count). The van der Waals surface area contributed by atoms with E-state index in [1.165, 1.54) is 0 Å². The lowest BCUT2D eigenvalue weighted by molar-refractivity contribution is 0.746. The second-order valence-corrected chi connectivity index (χ2v) is 4.80. The van der Waals surface area contributed by atoms with Gasteiger partial charge in [0.2, 0.25) is 0 Å². The molecule has 3 aromatic heterocycles. The molecule has 0 unspecified atom stereocenters. The maximum Gasteiger partial charge on any atom is 0.180 e. The fourth-order valence-electron chi connectivity index (χ4n) is 2.31. The van der Waals surface area contributed by atoms with Gasteiger partial charge < -0.3 is 15.0 Å². The Morgan fingerprint density at radius 1 is 1.24 bits per heavy atom. The first-order valence-electron chi connectivity index (χ1n) is 7.08.